The van der Waals surface area contributed by atoms with Crippen molar-refractivity contribution in [2.75, 3.05) is 0 Å². The van der Waals surface area contributed by atoms with Gasteiger partial charge < -0.3 is 0 Å². The molecule has 0 radical (unpaired) electrons. The standard InChI is InChI=1S/C18H16.CH4/c1-2-8-14-13(7-1)15-9-3-4-11-17(15)18-12-6-5-10-16(14)18;/h1-3,5,7-10H,4,6,11-12H2;1H4. The van der Waals surface area contributed by atoms with Gasteiger partial charge >= 0.3 is 0 Å². The van der Waals surface area contributed by atoms with Crippen LogP contribution in [0.5, 0.6) is 0 Å². The van der Waals surface area contributed by atoms with Crippen molar-refractivity contribution in [3.05, 3.63) is 58.7 Å². The Balaban J connectivity index is 0.00000110. The molecule has 96 valence electrons. The van der Waals surface area contributed by atoms with Gasteiger partial charge in [-0.3, -0.25) is 0 Å². The second kappa shape index (κ2) is 4.70. The fourth-order valence-corrected chi connectivity index (χ4v) is 3.41. The maximum Gasteiger partial charge on any atom is -0.0103 e. The number of allylic oxidation sites excluding steroid dienone is 2. The predicted octanol–water partition coefficient (Wildman–Crippen LogP) is 5.39. The molecule has 0 fully saturated rings. The quantitative estimate of drug-likeness (QED) is 0.586. The SMILES string of the molecule is C.C1=Cc2c(c3c(c4ccccc24)C=CCC3)CC1. The van der Waals surface area contributed by atoms with Crippen LogP contribution in [0.3, 0.4) is 0 Å². The van der Waals surface area contributed by atoms with E-state index in [1.54, 1.807) is 11.1 Å². The first-order chi connectivity index (χ1) is 8.95. The van der Waals surface area contributed by atoms with Gasteiger partial charge in [0, 0.05) is 0 Å². The molecule has 0 unspecified atom stereocenters. The molecule has 0 N–H and O–H groups in total. The Morgan fingerprint density at radius 1 is 0.684 bits per heavy atom. The molecule has 2 aromatic rings. The van der Waals surface area contributed by atoms with Crippen molar-refractivity contribution >= 4 is 22.9 Å². The van der Waals surface area contributed by atoms with E-state index in [0.29, 0.717) is 0 Å². The smallest absolute Gasteiger partial charge is 0.0103 e. The van der Waals surface area contributed by atoms with Gasteiger partial charge in [0.2, 0.25) is 0 Å². The summed E-state index contributed by atoms with van der Waals surface area (Å²) in [5.41, 5.74) is 6.17. The molecule has 0 amide bonds. The van der Waals surface area contributed by atoms with E-state index in [1.807, 2.05) is 0 Å². The summed E-state index contributed by atoms with van der Waals surface area (Å²) in [6.07, 6.45) is 14.1. The van der Waals surface area contributed by atoms with Gasteiger partial charge in [-0.2, -0.15) is 0 Å². The minimum atomic E-state index is 0. The van der Waals surface area contributed by atoms with Crippen LogP contribution >= 0.6 is 0 Å². The second-order valence-corrected chi connectivity index (χ2v) is 5.21. The monoisotopic (exact) mass is 248 g/mol. The van der Waals surface area contributed by atoms with Crippen molar-refractivity contribution in [1.29, 1.82) is 0 Å². The maximum absolute atomic E-state index is 2.33. The highest BCUT2D eigenvalue weighted by atomic mass is 14.2. The molecule has 0 atom stereocenters. The van der Waals surface area contributed by atoms with E-state index in [-0.39, 0.29) is 7.43 Å². The molecular weight excluding hydrogens is 228 g/mol. The molecule has 0 bridgehead atoms. The van der Waals surface area contributed by atoms with Crippen LogP contribution in [0.2, 0.25) is 0 Å². The van der Waals surface area contributed by atoms with Gasteiger partial charge in [0.1, 0.15) is 0 Å². The minimum Gasteiger partial charge on any atom is -0.0836 e. The van der Waals surface area contributed by atoms with Gasteiger partial charge in [0.25, 0.3) is 0 Å². The summed E-state index contributed by atoms with van der Waals surface area (Å²) in [5.74, 6) is 0. The maximum atomic E-state index is 2.33. The Labute approximate surface area is 115 Å². The van der Waals surface area contributed by atoms with Crippen molar-refractivity contribution in [3.8, 4) is 0 Å². The highest BCUT2D eigenvalue weighted by molar-refractivity contribution is 5.99. The molecule has 0 heteroatoms. The molecule has 0 aliphatic heterocycles. The summed E-state index contributed by atoms with van der Waals surface area (Å²) >= 11 is 0. The zero-order chi connectivity index (χ0) is 11.9. The predicted molar refractivity (Wildman–Crippen MR) is 85.4 cm³/mol. The third-order valence-electron chi connectivity index (χ3n) is 4.21. The Morgan fingerprint density at radius 2 is 1.16 bits per heavy atom. The van der Waals surface area contributed by atoms with Crippen molar-refractivity contribution in [2.24, 2.45) is 0 Å². The summed E-state index contributed by atoms with van der Waals surface area (Å²) in [6.45, 7) is 0. The molecular formula is C19H20. The zero-order valence-electron chi connectivity index (χ0n) is 10.4. The van der Waals surface area contributed by atoms with Crippen LogP contribution in [0.1, 0.15) is 42.5 Å². The molecule has 0 aromatic heterocycles. The van der Waals surface area contributed by atoms with Crippen molar-refractivity contribution in [1.82, 2.24) is 0 Å². The summed E-state index contributed by atoms with van der Waals surface area (Å²) in [6, 6.07) is 8.85. The first-order valence-corrected chi connectivity index (χ1v) is 6.84. The third-order valence-corrected chi connectivity index (χ3v) is 4.21. The van der Waals surface area contributed by atoms with Crippen LogP contribution < -0.4 is 0 Å². The molecule has 2 aliphatic carbocycles. The lowest BCUT2D eigenvalue weighted by molar-refractivity contribution is 0.911. The van der Waals surface area contributed by atoms with E-state index in [9.17, 15) is 0 Å². The van der Waals surface area contributed by atoms with Crippen LogP contribution in [-0.4, -0.2) is 0 Å². The van der Waals surface area contributed by atoms with E-state index in [2.05, 4.69) is 48.6 Å². The molecule has 2 aromatic carbocycles. The molecule has 0 heterocycles. The van der Waals surface area contributed by atoms with Gasteiger partial charge in [0.05, 0.1) is 0 Å². The molecule has 0 saturated carbocycles. The van der Waals surface area contributed by atoms with Gasteiger partial charge in [-0.25, -0.2) is 0 Å². The molecule has 2 aliphatic rings. The zero-order valence-corrected chi connectivity index (χ0v) is 10.4. The van der Waals surface area contributed by atoms with E-state index >= 15 is 0 Å². The van der Waals surface area contributed by atoms with Crippen LogP contribution in [0.15, 0.2) is 36.4 Å². The van der Waals surface area contributed by atoms with E-state index in [1.165, 1.54) is 47.6 Å². The number of hydrogen-bond acceptors (Lipinski definition) is 0. The lowest BCUT2D eigenvalue weighted by atomic mass is 9.81. The number of hydrogen-bond donors (Lipinski definition) is 0. The Morgan fingerprint density at radius 3 is 1.63 bits per heavy atom. The van der Waals surface area contributed by atoms with Crippen molar-refractivity contribution in [3.63, 3.8) is 0 Å². The molecule has 0 nitrogen and oxygen atoms in total. The molecule has 0 saturated heterocycles. The lowest BCUT2D eigenvalue weighted by Crippen LogP contribution is -2.06. The topological polar surface area (TPSA) is 0 Å². The number of benzene rings is 2. The van der Waals surface area contributed by atoms with Crippen LogP contribution in [0, 0.1) is 0 Å². The van der Waals surface area contributed by atoms with E-state index in [4.69, 9.17) is 0 Å². The van der Waals surface area contributed by atoms with Crippen molar-refractivity contribution in [2.45, 2.75) is 33.1 Å². The largest absolute Gasteiger partial charge is 0.0836 e. The highest BCUT2D eigenvalue weighted by Crippen LogP contribution is 2.37. The first kappa shape index (κ1) is 12.2. The Hall–Kier alpha value is -1.82. The number of rotatable bonds is 0. The summed E-state index contributed by atoms with van der Waals surface area (Å²) < 4.78 is 0. The molecule has 4 rings (SSSR count). The minimum absolute atomic E-state index is 0. The highest BCUT2D eigenvalue weighted by Gasteiger charge is 2.18. The fourth-order valence-electron chi connectivity index (χ4n) is 3.41. The van der Waals surface area contributed by atoms with Crippen molar-refractivity contribution < 1.29 is 0 Å². The third kappa shape index (κ3) is 1.74. The molecule has 0 spiro atoms. The average molecular weight is 248 g/mol. The van der Waals surface area contributed by atoms with E-state index < -0.39 is 0 Å². The van der Waals surface area contributed by atoms with E-state index in [0.717, 1.165) is 0 Å². The van der Waals surface area contributed by atoms with Crippen LogP contribution in [-0.2, 0) is 12.8 Å². The van der Waals surface area contributed by atoms with Crippen LogP contribution in [0.25, 0.3) is 22.9 Å². The number of fused-ring (bicyclic) bond motifs is 6. The summed E-state index contributed by atoms with van der Waals surface area (Å²) in [7, 11) is 0. The second-order valence-electron chi connectivity index (χ2n) is 5.21. The van der Waals surface area contributed by atoms with Gasteiger partial charge in [-0.05, 0) is 58.7 Å². The Kier molecular flexibility index (Phi) is 3.02. The summed E-state index contributed by atoms with van der Waals surface area (Å²) in [5, 5.41) is 2.85. The van der Waals surface area contributed by atoms with Crippen LogP contribution in [0.4, 0.5) is 0 Å². The normalized spacial score (nSPS) is 15.8. The lowest BCUT2D eigenvalue weighted by Gasteiger charge is -2.23. The van der Waals surface area contributed by atoms with Gasteiger partial charge in [0.15, 0.2) is 0 Å². The average Bonchev–Trinajstić information content (AvgIpc) is 2.48. The first-order valence-electron chi connectivity index (χ1n) is 6.84. The van der Waals surface area contributed by atoms with Gasteiger partial charge in [-0.1, -0.05) is 56.0 Å². The molecule has 19 heavy (non-hydrogen) atoms. The fraction of sp³-hybridized carbons (Fsp3) is 0.263. The van der Waals surface area contributed by atoms with Gasteiger partial charge in [-0.15, -0.1) is 0 Å². The Bertz CT molecular complexity index is 626. The summed E-state index contributed by atoms with van der Waals surface area (Å²) in [4.78, 5) is 0.